The lowest BCUT2D eigenvalue weighted by molar-refractivity contribution is -0.146. The van der Waals surface area contributed by atoms with Crippen molar-refractivity contribution in [3.63, 3.8) is 0 Å². The summed E-state index contributed by atoms with van der Waals surface area (Å²) in [5, 5.41) is 13.5. The van der Waals surface area contributed by atoms with Crippen LogP contribution in [0.1, 0.15) is 5.82 Å². The van der Waals surface area contributed by atoms with E-state index >= 15 is 0 Å². The van der Waals surface area contributed by atoms with E-state index < -0.39 is 12.0 Å². The van der Waals surface area contributed by atoms with Crippen molar-refractivity contribution in [1.82, 2.24) is 19.8 Å². The molecule has 0 unspecified atom stereocenters. The Morgan fingerprint density at radius 3 is 2.35 bits per heavy atom. The van der Waals surface area contributed by atoms with Gasteiger partial charge in [-0.2, -0.15) is 17.7 Å². The monoisotopic (exact) mass is 362 g/mol. The van der Waals surface area contributed by atoms with E-state index in [1.807, 2.05) is 0 Å². The molecule has 3 aromatic rings. The first-order valence-corrected chi connectivity index (χ1v) is 6.82. The van der Waals surface area contributed by atoms with Crippen LogP contribution in [0.15, 0.2) is 24.3 Å². The number of fused-ring (bicyclic) bond motifs is 1. The van der Waals surface area contributed by atoms with Gasteiger partial charge < -0.3 is 11.1 Å². The van der Waals surface area contributed by atoms with Crippen molar-refractivity contribution in [3.05, 3.63) is 40.1 Å². The predicted octanol–water partition coefficient (Wildman–Crippen LogP) is 3.78. The molecule has 0 radical (unpaired) electrons. The highest BCUT2D eigenvalue weighted by Crippen LogP contribution is 2.32. The van der Waals surface area contributed by atoms with Crippen LogP contribution in [0.25, 0.3) is 5.65 Å². The Balaban J connectivity index is 2.01. The van der Waals surface area contributed by atoms with Crippen molar-refractivity contribution in [2.75, 3.05) is 11.1 Å². The van der Waals surface area contributed by atoms with Gasteiger partial charge in [-0.05, 0) is 24.3 Å². The molecule has 0 bridgehead atoms. The topological polar surface area (TPSA) is 81.1 Å². The summed E-state index contributed by atoms with van der Waals surface area (Å²) in [6, 6.07) is 5.75. The van der Waals surface area contributed by atoms with Gasteiger partial charge in [0.2, 0.25) is 0 Å². The zero-order valence-corrected chi connectivity index (χ0v) is 12.6. The number of halogens is 5. The number of nitrogens with zero attached hydrogens (tertiary/aromatic N) is 4. The van der Waals surface area contributed by atoms with E-state index in [1.54, 1.807) is 0 Å². The summed E-state index contributed by atoms with van der Waals surface area (Å²) < 4.78 is 39.1. The molecule has 0 saturated heterocycles. The van der Waals surface area contributed by atoms with Crippen LogP contribution in [-0.4, -0.2) is 19.8 Å². The first-order chi connectivity index (χ1) is 10.8. The van der Waals surface area contributed by atoms with E-state index in [2.05, 4.69) is 20.6 Å². The van der Waals surface area contributed by atoms with Gasteiger partial charge >= 0.3 is 6.18 Å². The summed E-state index contributed by atoms with van der Waals surface area (Å²) >= 11 is 11.8. The predicted molar refractivity (Wildman–Crippen MR) is 79.9 cm³/mol. The van der Waals surface area contributed by atoms with Gasteiger partial charge in [-0.15, -0.1) is 15.3 Å². The van der Waals surface area contributed by atoms with Gasteiger partial charge in [0.25, 0.3) is 5.82 Å². The minimum absolute atomic E-state index is 0.0313. The van der Waals surface area contributed by atoms with Gasteiger partial charge in [0.05, 0.1) is 15.7 Å². The summed E-state index contributed by atoms with van der Waals surface area (Å²) in [5.41, 5.74) is 6.22. The molecule has 0 spiro atoms. The summed E-state index contributed by atoms with van der Waals surface area (Å²) in [6.07, 6.45) is -4.67. The number of alkyl halides is 3. The average molecular weight is 363 g/mol. The number of anilines is 3. The minimum Gasteiger partial charge on any atom is -0.396 e. The molecule has 0 fully saturated rings. The smallest absolute Gasteiger partial charge is 0.396 e. The van der Waals surface area contributed by atoms with Crippen LogP contribution in [0.2, 0.25) is 10.0 Å². The molecule has 2 aromatic heterocycles. The van der Waals surface area contributed by atoms with Crippen molar-refractivity contribution < 1.29 is 13.2 Å². The van der Waals surface area contributed by atoms with Crippen molar-refractivity contribution in [2.24, 2.45) is 0 Å². The van der Waals surface area contributed by atoms with Crippen LogP contribution in [0.4, 0.5) is 30.4 Å². The molecular formula is C12H7Cl2F3N6. The molecule has 11 heteroatoms. The Kier molecular flexibility index (Phi) is 3.69. The van der Waals surface area contributed by atoms with E-state index in [4.69, 9.17) is 28.9 Å². The van der Waals surface area contributed by atoms with Gasteiger partial charge in [-0.1, -0.05) is 23.2 Å². The quantitative estimate of drug-likeness (QED) is 0.678. The molecule has 0 aliphatic heterocycles. The molecule has 1 aromatic carbocycles. The fraction of sp³-hybridized carbons (Fsp3) is 0.0833. The molecule has 0 aliphatic carbocycles. The average Bonchev–Trinajstić information content (AvgIpc) is 2.87. The molecule has 23 heavy (non-hydrogen) atoms. The summed E-state index contributed by atoms with van der Waals surface area (Å²) in [7, 11) is 0. The van der Waals surface area contributed by atoms with Gasteiger partial charge in [-0.3, -0.25) is 0 Å². The lowest BCUT2D eigenvalue weighted by Crippen LogP contribution is -2.13. The number of nitrogens with one attached hydrogen (secondary N) is 1. The zero-order valence-electron chi connectivity index (χ0n) is 11.1. The van der Waals surface area contributed by atoms with E-state index in [9.17, 15) is 13.2 Å². The first kappa shape index (κ1) is 15.6. The number of rotatable bonds is 2. The number of nitrogens with two attached hydrogens (primary N) is 1. The summed E-state index contributed by atoms with van der Waals surface area (Å²) in [5.74, 6) is -1.09. The molecule has 0 saturated carbocycles. The van der Waals surface area contributed by atoms with Gasteiger partial charge in [0.1, 0.15) is 0 Å². The van der Waals surface area contributed by atoms with Crippen molar-refractivity contribution in [1.29, 1.82) is 0 Å². The van der Waals surface area contributed by atoms with Gasteiger partial charge in [0, 0.05) is 5.69 Å². The fourth-order valence-electron chi connectivity index (χ4n) is 1.84. The van der Waals surface area contributed by atoms with Crippen LogP contribution in [0.3, 0.4) is 0 Å². The van der Waals surface area contributed by atoms with Crippen LogP contribution in [0, 0.1) is 0 Å². The van der Waals surface area contributed by atoms with Crippen molar-refractivity contribution >= 4 is 46.0 Å². The maximum Gasteiger partial charge on any atom is 0.453 e. The van der Waals surface area contributed by atoms with Gasteiger partial charge in [-0.25, -0.2) is 0 Å². The van der Waals surface area contributed by atoms with Crippen molar-refractivity contribution in [3.8, 4) is 0 Å². The summed E-state index contributed by atoms with van der Waals surface area (Å²) in [6.45, 7) is 0. The molecule has 0 amide bonds. The highest BCUT2D eigenvalue weighted by atomic mass is 35.5. The number of nitrogen functional groups attached to an aromatic ring is 1. The van der Waals surface area contributed by atoms with E-state index in [0.717, 1.165) is 0 Å². The Bertz CT molecular complexity index is 869. The third kappa shape index (κ3) is 2.97. The molecule has 6 nitrogen and oxygen atoms in total. The fourth-order valence-corrected chi connectivity index (χ4v) is 2.32. The Morgan fingerprint density at radius 2 is 1.74 bits per heavy atom. The number of hydrogen-bond donors (Lipinski definition) is 2. The standard InChI is InChI=1S/C12H7Cl2F3N6/c13-6-3-5(4-7(14)10(6)18)19-8-1-2-9-20-21-11(12(15,16)17)23(9)22-8/h1-4H,18H2,(H,19,22). The molecule has 120 valence electrons. The third-order valence-electron chi connectivity index (χ3n) is 2.87. The zero-order chi connectivity index (χ0) is 16.8. The molecule has 0 atom stereocenters. The molecular weight excluding hydrogens is 356 g/mol. The Morgan fingerprint density at radius 1 is 1.09 bits per heavy atom. The van der Waals surface area contributed by atoms with E-state index in [1.165, 1.54) is 24.3 Å². The SMILES string of the molecule is Nc1c(Cl)cc(Nc2ccc3nnc(C(F)(F)F)n3n2)cc1Cl. The highest BCUT2D eigenvalue weighted by molar-refractivity contribution is 6.39. The van der Waals surface area contributed by atoms with E-state index in [0.29, 0.717) is 10.2 Å². The summed E-state index contributed by atoms with van der Waals surface area (Å²) in [4.78, 5) is 0. The van der Waals surface area contributed by atoms with Crippen LogP contribution < -0.4 is 11.1 Å². The molecule has 2 heterocycles. The molecule has 0 aliphatic rings. The van der Waals surface area contributed by atoms with Crippen LogP contribution in [0.5, 0.6) is 0 Å². The van der Waals surface area contributed by atoms with Crippen LogP contribution >= 0.6 is 23.2 Å². The highest BCUT2D eigenvalue weighted by Gasteiger charge is 2.37. The van der Waals surface area contributed by atoms with Crippen molar-refractivity contribution in [2.45, 2.75) is 6.18 Å². The third-order valence-corrected chi connectivity index (χ3v) is 3.49. The maximum absolute atomic E-state index is 12.8. The van der Waals surface area contributed by atoms with E-state index in [-0.39, 0.29) is 27.2 Å². The Hall–Kier alpha value is -2.26. The minimum atomic E-state index is -4.67. The van der Waals surface area contributed by atoms with Gasteiger partial charge in [0.15, 0.2) is 11.5 Å². The number of benzene rings is 1. The lowest BCUT2D eigenvalue weighted by Gasteiger charge is -2.09. The van der Waals surface area contributed by atoms with Crippen LogP contribution in [-0.2, 0) is 6.18 Å². The largest absolute Gasteiger partial charge is 0.453 e. The second-order valence-electron chi connectivity index (χ2n) is 4.49. The molecule has 3 rings (SSSR count). The Labute approximate surface area is 137 Å². The first-order valence-electron chi connectivity index (χ1n) is 6.07. The number of hydrogen-bond acceptors (Lipinski definition) is 5. The number of aromatic nitrogens is 4. The lowest BCUT2D eigenvalue weighted by atomic mass is 10.3. The normalized spacial score (nSPS) is 11.9. The molecule has 3 N–H and O–H groups in total. The maximum atomic E-state index is 12.8. The second-order valence-corrected chi connectivity index (χ2v) is 5.30. The second kappa shape index (κ2) is 5.43.